The van der Waals surface area contributed by atoms with E-state index in [4.69, 9.17) is 0 Å². The molecule has 1 aliphatic rings. The fourth-order valence-electron chi connectivity index (χ4n) is 3.20. The Labute approximate surface area is 150 Å². The fourth-order valence-corrected chi connectivity index (χ4v) is 3.20. The van der Waals surface area contributed by atoms with Crippen molar-refractivity contribution in [2.45, 2.75) is 6.04 Å². The molecule has 1 aliphatic heterocycles. The van der Waals surface area contributed by atoms with Crippen LogP contribution in [0.4, 0.5) is 5.69 Å². The molecule has 4 rings (SSSR count). The van der Waals surface area contributed by atoms with E-state index in [1.807, 2.05) is 24.7 Å². The van der Waals surface area contributed by atoms with E-state index in [1.165, 1.54) is 6.08 Å². The molecule has 7 nitrogen and oxygen atoms in total. The Bertz CT molecular complexity index is 1060. The van der Waals surface area contributed by atoms with E-state index in [-0.39, 0.29) is 17.5 Å². The number of carbonyl (C=O) groups is 1. The van der Waals surface area contributed by atoms with Gasteiger partial charge in [-0.1, -0.05) is 6.58 Å². The highest BCUT2D eigenvalue weighted by atomic mass is 16.1. The Morgan fingerprint density at radius 1 is 1.42 bits per heavy atom. The fraction of sp³-hybridized carbons (Fsp3) is 0.211. The van der Waals surface area contributed by atoms with Crippen LogP contribution in [-0.4, -0.2) is 39.6 Å². The monoisotopic (exact) mass is 349 g/mol. The second-order valence-electron chi connectivity index (χ2n) is 6.47. The van der Waals surface area contributed by atoms with Gasteiger partial charge in [0.2, 0.25) is 11.5 Å². The largest absolute Gasteiger partial charge is 0.366 e. The first-order valence-electron chi connectivity index (χ1n) is 8.37. The summed E-state index contributed by atoms with van der Waals surface area (Å²) in [5.41, 5.74) is 3.72. The molecule has 7 heteroatoms. The van der Waals surface area contributed by atoms with Gasteiger partial charge >= 0.3 is 0 Å². The van der Waals surface area contributed by atoms with Crippen molar-refractivity contribution < 1.29 is 4.79 Å². The average Bonchev–Trinajstić information content (AvgIpc) is 3.03. The van der Waals surface area contributed by atoms with Gasteiger partial charge in [-0.2, -0.15) is 0 Å². The minimum atomic E-state index is -0.147. The summed E-state index contributed by atoms with van der Waals surface area (Å²) in [5.74, 6) is -0.147. The van der Waals surface area contributed by atoms with Gasteiger partial charge in [-0.3, -0.25) is 9.59 Å². The lowest BCUT2D eigenvalue weighted by Crippen LogP contribution is -2.59. The minimum absolute atomic E-state index is 0.0411. The third-order valence-corrected chi connectivity index (χ3v) is 4.69. The predicted octanol–water partition coefficient (Wildman–Crippen LogP) is 1.42. The molecule has 0 radical (unpaired) electrons. The first-order chi connectivity index (χ1) is 12.5. The van der Waals surface area contributed by atoms with Gasteiger partial charge in [0, 0.05) is 55.1 Å². The van der Waals surface area contributed by atoms with Crippen molar-refractivity contribution in [3.8, 4) is 11.1 Å². The Balaban J connectivity index is 1.61. The van der Waals surface area contributed by atoms with Crippen LogP contribution in [0.5, 0.6) is 0 Å². The second-order valence-corrected chi connectivity index (χ2v) is 6.47. The minimum Gasteiger partial charge on any atom is -0.366 e. The Morgan fingerprint density at radius 2 is 2.23 bits per heavy atom. The lowest BCUT2D eigenvalue weighted by molar-refractivity contribution is -0.117. The summed E-state index contributed by atoms with van der Waals surface area (Å²) < 4.78 is 1.56. The van der Waals surface area contributed by atoms with E-state index in [1.54, 1.807) is 17.7 Å². The maximum atomic E-state index is 11.6. The van der Waals surface area contributed by atoms with Crippen LogP contribution in [0, 0.1) is 0 Å². The molecule has 0 saturated carbocycles. The first-order valence-corrected chi connectivity index (χ1v) is 8.37. The Kier molecular flexibility index (Phi) is 3.84. The molecule has 1 saturated heterocycles. The van der Waals surface area contributed by atoms with Crippen LogP contribution in [0.25, 0.3) is 22.2 Å². The molecule has 26 heavy (non-hydrogen) atoms. The van der Waals surface area contributed by atoms with E-state index < -0.39 is 0 Å². The summed E-state index contributed by atoms with van der Waals surface area (Å²) in [6, 6.07) is 5.60. The van der Waals surface area contributed by atoms with E-state index >= 15 is 0 Å². The molecule has 0 bridgehead atoms. The molecule has 0 aliphatic carbocycles. The zero-order valence-corrected chi connectivity index (χ0v) is 14.4. The zero-order valence-electron chi connectivity index (χ0n) is 14.4. The van der Waals surface area contributed by atoms with Gasteiger partial charge in [-0.05, 0) is 18.2 Å². The van der Waals surface area contributed by atoms with Crippen molar-refractivity contribution in [3.63, 3.8) is 0 Å². The number of hydrogen-bond donors (Lipinski definition) is 2. The molecule has 4 heterocycles. The van der Waals surface area contributed by atoms with Crippen LogP contribution >= 0.6 is 0 Å². The lowest BCUT2D eigenvalue weighted by atomic mass is 10.1. The number of aryl methyl sites for hydroxylation is 1. The molecular weight excluding hydrogens is 330 g/mol. The summed E-state index contributed by atoms with van der Waals surface area (Å²) >= 11 is 0. The van der Waals surface area contributed by atoms with Gasteiger partial charge in [0.15, 0.2) is 0 Å². The molecule has 0 atom stereocenters. The molecule has 0 spiro atoms. The third kappa shape index (κ3) is 2.77. The van der Waals surface area contributed by atoms with Crippen LogP contribution in [0.2, 0.25) is 0 Å². The first kappa shape index (κ1) is 16.1. The Hall–Kier alpha value is -3.35. The maximum absolute atomic E-state index is 11.6. The highest BCUT2D eigenvalue weighted by molar-refractivity contribution is 5.95. The van der Waals surface area contributed by atoms with Crippen molar-refractivity contribution in [2.24, 2.45) is 7.05 Å². The van der Waals surface area contributed by atoms with Crippen molar-refractivity contribution in [3.05, 3.63) is 59.8 Å². The number of H-pyrrole nitrogens is 1. The summed E-state index contributed by atoms with van der Waals surface area (Å²) in [4.78, 5) is 32.8. The van der Waals surface area contributed by atoms with Gasteiger partial charge < -0.3 is 19.8 Å². The second kappa shape index (κ2) is 6.18. The summed E-state index contributed by atoms with van der Waals surface area (Å²) in [6.45, 7) is 4.95. The van der Waals surface area contributed by atoms with Crippen molar-refractivity contribution in [2.75, 3.05) is 18.0 Å². The summed E-state index contributed by atoms with van der Waals surface area (Å²) in [5, 5.41) is 3.89. The highest BCUT2D eigenvalue weighted by Gasteiger charge is 2.28. The van der Waals surface area contributed by atoms with Gasteiger partial charge in [0.25, 0.3) is 0 Å². The number of anilines is 1. The highest BCUT2D eigenvalue weighted by Crippen LogP contribution is 2.31. The van der Waals surface area contributed by atoms with Gasteiger partial charge in [-0.15, -0.1) is 0 Å². The quantitative estimate of drug-likeness (QED) is 0.698. The number of aromatic nitrogens is 3. The molecular formula is C19H19N5O2. The van der Waals surface area contributed by atoms with Crippen LogP contribution in [-0.2, 0) is 11.8 Å². The number of nitrogens with zero attached hydrogens (tertiary/aromatic N) is 3. The molecule has 0 unspecified atom stereocenters. The number of rotatable bonds is 4. The number of nitrogens with one attached hydrogen (secondary N) is 2. The number of carbonyl (C=O) groups excluding carboxylic acids is 1. The molecule has 2 N–H and O–H groups in total. The van der Waals surface area contributed by atoms with E-state index in [0.29, 0.717) is 0 Å². The number of hydrogen-bond acceptors (Lipinski definition) is 4. The normalized spacial score (nSPS) is 14.3. The number of amides is 1. The summed E-state index contributed by atoms with van der Waals surface area (Å²) in [6.07, 6.45) is 6.84. The standard InChI is InChI=1S/C19H19N5O2/c1-3-17(25)22-13-10-24(11-13)14-6-15-16(8-21-19(15)20-7-14)12-4-5-18(26)23(2)9-12/h3-9,13H,1,10-11H2,2H3,(H,20,21)(H,22,25). The molecule has 1 fully saturated rings. The van der Waals surface area contributed by atoms with Gasteiger partial charge in [0.05, 0.1) is 17.9 Å². The molecule has 1 amide bonds. The Morgan fingerprint density at radius 3 is 2.96 bits per heavy atom. The third-order valence-electron chi connectivity index (χ3n) is 4.69. The van der Waals surface area contributed by atoms with E-state index in [9.17, 15) is 9.59 Å². The number of pyridine rings is 2. The van der Waals surface area contributed by atoms with Crippen molar-refractivity contribution in [1.82, 2.24) is 19.9 Å². The maximum Gasteiger partial charge on any atom is 0.250 e. The average molecular weight is 349 g/mol. The van der Waals surface area contributed by atoms with Crippen molar-refractivity contribution in [1.29, 1.82) is 0 Å². The smallest absolute Gasteiger partial charge is 0.250 e. The van der Waals surface area contributed by atoms with Gasteiger partial charge in [0.1, 0.15) is 5.65 Å². The van der Waals surface area contributed by atoms with Crippen LogP contribution in [0.1, 0.15) is 0 Å². The molecule has 0 aromatic carbocycles. The van der Waals surface area contributed by atoms with Crippen LogP contribution in [0.15, 0.2) is 54.2 Å². The number of fused-ring (bicyclic) bond motifs is 1. The summed E-state index contributed by atoms with van der Waals surface area (Å²) in [7, 11) is 1.74. The molecule has 3 aromatic heterocycles. The van der Waals surface area contributed by atoms with Gasteiger partial charge in [-0.25, -0.2) is 4.98 Å². The number of aromatic amines is 1. The topological polar surface area (TPSA) is 83.0 Å². The molecule has 3 aromatic rings. The predicted molar refractivity (Wildman–Crippen MR) is 101 cm³/mol. The van der Waals surface area contributed by atoms with Crippen molar-refractivity contribution >= 4 is 22.6 Å². The van der Waals surface area contributed by atoms with Crippen LogP contribution in [0.3, 0.4) is 0 Å². The van der Waals surface area contributed by atoms with E-state index in [0.717, 1.165) is 40.9 Å². The van der Waals surface area contributed by atoms with E-state index in [2.05, 4.69) is 32.8 Å². The zero-order chi connectivity index (χ0) is 18.3. The van der Waals surface area contributed by atoms with Crippen LogP contribution < -0.4 is 15.8 Å². The molecule has 132 valence electrons. The SMILES string of the molecule is C=CC(=O)NC1CN(c2cnc3[nH]cc(-c4ccc(=O)n(C)c4)c3c2)C1. The lowest BCUT2D eigenvalue weighted by Gasteiger charge is -2.40.